The minimum atomic E-state index is -0.262. The molecule has 0 radical (unpaired) electrons. The Labute approximate surface area is 96.9 Å². The van der Waals surface area contributed by atoms with Gasteiger partial charge in [-0.3, -0.25) is 0 Å². The maximum absolute atomic E-state index is 11.3. The molecule has 3 N–H and O–H groups in total. The summed E-state index contributed by atoms with van der Waals surface area (Å²) in [5.41, 5.74) is 6.96. The topological polar surface area (TPSA) is 76.7 Å². The van der Waals surface area contributed by atoms with Crippen molar-refractivity contribution >= 4 is 17.2 Å². The molecule has 0 amide bonds. The molecule has 16 heavy (non-hydrogen) atoms. The molecular weight excluding hydrogens is 224 g/mol. The lowest BCUT2D eigenvalue weighted by Gasteiger charge is -2.02. The van der Waals surface area contributed by atoms with Crippen LogP contribution >= 0.6 is 12.2 Å². The number of hydrogen-bond acceptors (Lipinski definition) is 3. The fourth-order valence-corrected chi connectivity index (χ4v) is 1.57. The number of H-pyrrole nitrogens is 1. The van der Waals surface area contributed by atoms with Crippen LogP contribution in [0.15, 0.2) is 35.4 Å². The first-order valence-corrected chi connectivity index (χ1v) is 5.07. The standard InChI is InChI=1S/C10H10N4OS/c11-9(16)5-7-1-3-8(4-2-7)14-6-12-13-10(14)15/h1-4,6H,5H2,(H2,11,16)(H,13,15). The van der Waals surface area contributed by atoms with Crippen molar-refractivity contribution in [1.29, 1.82) is 0 Å². The smallest absolute Gasteiger partial charge is 0.347 e. The number of thiocarbonyl (C=S) groups is 1. The van der Waals surface area contributed by atoms with Crippen LogP contribution in [0.4, 0.5) is 0 Å². The molecule has 0 bridgehead atoms. The summed E-state index contributed by atoms with van der Waals surface area (Å²) >= 11 is 4.82. The van der Waals surface area contributed by atoms with Gasteiger partial charge >= 0.3 is 5.69 Å². The maximum atomic E-state index is 11.3. The van der Waals surface area contributed by atoms with Gasteiger partial charge in [0.05, 0.1) is 10.7 Å². The zero-order valence-corrected chi connectivity index (χ0v) is 9.20. The van der Waals surface area contributed by atoms with Crippen molar-refractivity contribution in [2.75, 3.05) is 0 Å². The third-order valence-corrected chi connectivity index (χ3v) is 2.29. The SMILES string of the molecule is NC(=S)Cc1ccc(-n2cn[nH]c2=O)cc1. The average Bonchev–Trinajstić information content (AvgIpc) is 2.65. The summed E-state index contributed by atoms with van der Waals surface area (Å²) in [7, 11) is 0. The molecule has 0 aliphatic heterocycles. The van der Waals surface area contributed by atoms with Crippen molar-refractivity contribution < 1.29 is 0 Å². The van der Waals surface area contributed by atoms with Gasteiger partial charge in [-0.25, -0.2) is 14.5 Å². The normalized spacial score (nSPS) is 10.2. The molecule has 0 atom stereocenters. The van der Waals surface area contributed by atoms with Gasteiger partial charge in [-0.05, 0) is 17.7 Å². The van der Waals surface area contributed by atoms with Crippen molar-refractivity contribution in [2.24, 2.45) is 5.73 Å². The minimum absolute atomic E-state index is 0.262. The van der Waals surface area contributed by atoms with E-state index in [0.717, 1.165) is 11.3 Å². The highest BCUT2D eigenvalue weighted by Crippen LogP contribution is 2.07. The molecule has 1 heterocycles. The lowest BCUT2D eigenvalue weighted by molar-refractivity contribution is 0.981. The van der Waals surface area contributed by atoms with Gasteiger partial charge in [0.1, 0.15) is 6.33 Å². The van der Waals surface area contributed by atoms with Crippen LogP contribution in [0.3, 0.4) is 0 Å². The Bertz CT molecular complexity index is 555. The molecule has 0 unspecified atom stereocenters. The van der Waals surface area contributed by atoms with Gasteiger partial charge in [0.15, 0.2) is 0 Å². The van der Waals surface area contributed by atoms with Gasteiger partial charge in [-0.2, -0.15) is 5.10 Å². The number of nitrogens with one attached hydrogen (secondary N) is 1. The summed E-state index contributed by atoms with van der Waals surface area (Å²) in [4.78, 5) is 11.7. The van der Waals surface area contributed by atoms with Crippen molar-refractivity contribution in [3.63, 3.8) is 0 Å². The first-order chi connectivity index (χ1) is 7.66. The third-order valence-electron chi connectivity index (χ3n) is 2.15. The zero-order chi connectivity index (χ0) is 11.5. The molecule has 1 aromatic carbocycles. The van der Waals surface area contributed by atoms with E-state index in [2.05, 4.69) is 10.2 Å². The predicted octanol–water partition coefficient (Wildman–Crippen LogP) is 0.389. The van der Waals surface area contributed by atoms with Crippen LogP contribution < -0.4 is 11.4 Å². The van der Waals surface area contributed by atoms with E-state index >= 15 is 0 Å². The zero-order valence-electron chi connectivity index (χ0n) is 8.38. The van der Waals surface area contributed by atoms with Crippen LogP contribution in [0.25, 0.3) is 5.69 Å². The predicted molar refractivity (Wildman–Crippen MR) is 64.7 cm³/mol. The van der Waals surface area contributed by atoms with E-state index in [9.17, 15) is 4.79 Å². The summed E-state index contributed by atoms with van der Waals surface area (Å²) in [6, 6.07) is 7.41. The third kappa shape index (κ3) is 2.17. The Morgan fingerprint density at radius 3 is 2.62 bits per heavy atom. The fraction of sp³-hybridized carbons (Fsp3) is 0.100. The van der Waals surface area contributed by atoms with Crippen LogP contribution in [-0.4, -0.2) is 19.8 Å². The highest BCUT2D eigenvalue weighted by molar-refractivity contribution is 7.80. The Morgan fingerprint density at radius 2 is 2.12 bits per heavy atom. The van der Waals surface area contributed by atoms with Crippen LogP contribution in [0, 0.1) is 0 Å². The van der Waals surface area contributed by atoms with E-state index in [1.807, 2.05) is 24.3 Å². The molecule has 0 aliphatic carbocycles. The van der Waals surface area contributed by atoms with Crippen LogP contribution in [-0.2, 0) is 6.42 Å². The van der Waals surface area contributed by atoms with Crippen LogP contribution in [0.2, 0.25) is 0 Å². The summed E-state index contributed by atoms with van der Waals surface area (Å²) in [5, 5.41) is 5.98. The second kappa shape index (κ2) is 4.28. The van der Waals surface area contributed by atoms with Crippen LogP contribution in [0.1, 0.15) is 5.56 Å². The molecule has 82 valence electrons. The molecule has 0 spiro atoms. The average molecular weight is 234 g/mol. The Hall–Kier alpha value is -1.95. The van der Waals surface area contributed by atoms with Crippen molar-refractivity contribution in [3.05, 3.63) is 46.6 Å². The molecule has 0 saturated carbocycles. The molecule has 0 saturated heterocycles. The lowest BCUT2D eigenvalue weighted by Crippen LogP contribution is -2.14. The molecule has 6 heteroatoms. The molecule has 1 aromatic heterocycles. The summed E-state index contributed by atoms with van der Waals surface area (Å²) in [6.07, 6.45) is 2.00. The van der Waals surface area contributed by atoms with Gasteiger partial charge < -0.3 is 5.73 Å². The second-order valence-corrected chi connectivity index (χ2v) is 3.87. The molecule has 0 fully saturated rings. The second-order valence-electron chi connectivity index (χ2n) is 3.34. The maximum Gasteiger partial charge on any atom is 0.347 e. The largest absolute Gasteiger partial charge is 0.393 e. The van der Waals surface area contributed by atoms with E-state index in [1.165, 1.54) is 10.9 Å². The summed E-state index contributed by atoms with van der Waals surface area (Å²) in [5.74, 6) is 0. The van der Waals surface area contributed by atoms with Crippen molar-refractivity contribution in [1.82, 2.24) is 14.8 Å². The number of benzene rings is 1. The Morgan fingerprint density at radius 1 is 1.44 bits per heavy atom. The first-order valence-electron chi connectivity index (χ1n) is 4.66. The number of nitrogens with zero attached hydrogens (tertiary/aromatic N) is 2. The van der Waals surface area contributed by atoms with Gasteiger partial charge in [0, 0.05) is 6.42 Å². The van der Waals surface area contributed by atoms with Crippen molar-refractivity contribution in [2.45, 2.75) is 6.42 Å². The molecular formula is C10H10N4OS. The van der Waals surface area contributed by atoms with Gasteiger partial charge in [0.25, 0.3) is 0 Å². The minimum Gasteiger partial charge on any atom is -0.393 e. The fourth-order valence-electron chi connectivity index (χ4n) is 1.41. The molecule has 0 aliphatic rings. The number of rotatable bonds is 3. The van der Waals surface area contributed by atoms with E-state index in [4.69, 9.17) is 18.0 Å². The van der Waals surface area contributed by atoms with E-state index in [0.29, 0.717) is 11.4 Å². The molecule has 2 aromatic rings. The lowest BCUT2D eigenvalue weighted by atomic mass is 10.1. The first kappa shape index (κ1) is 10.6. The van der Waals surface area contributed by atoms with E-state index in [-0.39, 0.29) is 5.69 Å². The number of aromatic nitrogens is 3. The van der Waals surface area contributed by atoms with E-state index in [1.54, 1.807) is 0 Å². The highest BCUT2D eigenvalue weighted by atomic mass is 32.1. The Kier molecular flexibility index (Phi) is 2.82. The molecule has 5 nitrogen and oxygen atoms in total. The van der Waals surface area contributed by atoms with Gasteiger partial charge in [-0.1, -0.05) is 24.4 Å². The van der Waals surface area contributed by atoms with Gasteiger partial charge in [0.2, 0.25) is 0 Å². The molecule has 2 rings (SSSR count). The monoisotopic (exact) mass is 234 g/mol. The highest BCUT2D eigenvalue weighted by Gasteiger charge is 2.01. The Balaban J connectivity index is 2.30. The number of aromatic amines is 1. The van der Waals surface area contributed by atoms with E-state index < -0.39 is 0 Å². The quantitative estimate of drug-likeness (QED) is 0.753. The summed E-state index contributed by atoms with van der Waals surface area (Å²) < 4.78 is 1.42. The van der Waals surface area contributed by atoms with Crippen molar-refractivity contribution in [3.8, 4) is 5.69 Å². The summed E-state index contributed by atoms with van der Waals surface area (Å²) in [6.45, 7) is 0. The van der Waals surface area contributed by atoms with Crippen LogP contribution in [0.5, 0.6) is 0 Å². The number of hydrogen-bond donors (Lipinski definition) is 2. The number of nitrogens with two attached hydrogens (primary N) is 1. The van der Waals surface area contributed by atoms with Gasteiger partial charge in [-0.15, -0.1) is 0 Å².